The molecule has 0 radical (unpaired) electrons. The van der Waals surface area contributed by atoms with Crippen LogP contribution in [0.4, 0.5) is 5.69 Å². The van der Waals surface area contributed by atoms with Crippen LogP contribution >= 0.6 is 34.5 Å². The molecule has 2 amide bonds. The van der Waals surface area contributed by atoms with Gasteiger partial charge in [0.2, 0.25) is 5.91 Å². The molecule has 0 bridgehead atoms. The highest BCUT2D eigenvalue weighted by molar-refractivity contribution is 7.10. The number of thiophene rings is 1. The fourth-order valence-corrected chi connectivity index (χ4v) is 5.75. The molecule has 1 aromatic heterocycles. The van der Waals surface area contributed by atoms with Gasteiger partial charge in [-0.3, -0.25) is 19.7 Å². The summed E-state index contributed by atoms with van der Waals surface area (Å²) in [5, 5.41) is 13.9. The SMILES string of the molecule is O=C(c1ccc(Cl)c([N+](=O)[O-])c1)N(CC(=O)N1CCc2sccc2C1c1ccc(Cl)cc1)C1CC1. The van der Waals surface area contributed by atoms with Crippen LogP contribution in [0.25, 0.3) is 0 Å². The van der Waals surface area contributed by atoms with Gasteiger partial charge in [0.05, 0.1) is 11.0 Å². The first-order valence-electron chi connectivity index (χ1n) is 11.2. The third kappa shape index (κ3) is 4.78. The minimum atomic E-state index is -0.616. The zero-order valence-electron chi connectivity index (χ0n) is 18.5. The van der Waals surface area contributed by atoms with E-state index in [-0.39, 0.29) is 40.8 Å². The number of hydrogen-bond acceptors (Lipinski definition) is 5. The Hall–Kier alpha value is -2.94. The Morgan fingerprint density at radius 3 is 2.54 bits per heavy atom. The average Bonchev–Trinajstić information content (AvgIpc) is 3.57. The Balaban J connectivity index is 1.42. The molecule has 2 aromatic carbocycles. The number of fused-ring (bicyclic) bond motifs is 1. The first kappa shape index (κ1) is 23.8. The smallest absolute Gasteiger partial charge is 0.288 e. The van der Waals surface area contributed by atoms with Crippen molar-refractivity contribution in [2.45, 2.75) is 31.3 Å². The maximum Gasteiger partial charge on any atom is 0.288 e. The van der Waals surface area contributed by atoms with Crippen molar-refractivity contribution in [3.63, 3.8) is 0 Å². The van der Waals surface area contributed by atoms with Gasteiger partial charge in [0.15, 0.2) is 0 Å². The molecule has 180 valence electrons. The van der Waals surface area contributed by atoms with Crippen molar-refractivity contribution in [3.05, 3.63) is 95.6 Å². The number of carbonyl (C=O) groups is 2. The molecule has 2 heterocycles. The zero-order valence-corrected chi connectivity index (χ0v) is 20.9. The minimum absolute atomic E-state index is 0.0358. The first-order valence-corrected chi connectivity index (χ1v) is 12.8. The van der Waals surface area contributed by atoms with Crippen LogP contribution in [0.1, 0.15) is 45.2 Å². The quantitative estimate of drug-likeness (QED) is 0.301. The van der Waals surface area contributed by atoms with Crippen molar-refractivity contribution in [1.29, 1.82) is 0 Å². The molecule has 1 unspecified atom stereocenters. The third-order valence-electron chi connectivity index (χ3n) is 6.42. The number of nitro benzene ring substituents is 1. The molecule has 1 fully saturated rings. The van der Waals surface area contributed by atoms with Gasteiger partial charge in [-0.2, -0.15) is 0 Å². The molecule has 1 atom stereocenters. The van der Waals surface area contributed by atoms with Crippen molar-refractivity contribution >= 4 is 52.0 Å². The van der Waals surface area contributed by atoms with E-state index in [2.05, 4.69) is 6.07 Å². The molecular weight excluding hydrogens is 509 g/mol. The average molecular weight is 530 g/mol. The molecule has 1 aliphatic heterocycles. The monoisotopic (exact) mass is 529 g/mol. The zero-order chi connectivity index (χ0) is 24.7. The molecule has 1 aliphatic carbocycles. The molecule has 10 heteroatoms. The number of halogens is 2. The van der Waals surface area contributed by atoms with Crippen LogP contribution in [0.15, 0.2) is 53.9 Å². The second kappa shape index (κ2) is 9.60. The summed E-state index contributed by atoms with van der Waals surface area (Å²) in [6, 6.07) is 13.2. The highest BCUT2D eigenvalue weighted by atomic mass is 35.5. The fraction of sp³-hybridized carbons (Fsp3) is 0.280. The maximum atomic E-state index is 13.7. The summed E-state index contributed by atoms with van der Waals surface area (Å²) in [7, 11) is 0. The van der Waals surface area contributed by atoms with Gasteiger partial charge in [-0.15, -0.1) is 11.3 Å². The van der Waals surface area contributed by atoms with Crippen molar-refractivity contribution in [3.8, 4) is 0 Å². The summed E-state index contributed by atoms with van der Waals surface area (Å²) < 4.78 is 0. The van der Waals surface area contributed by atoms with Crippen LogP contribution in [0.5, 0.6) is 0 Å². The highest BCUT2D eigenvalue weighted by Crippen LogP contribution is 2.39. The predicted molar refractivity (Wildman–Crippen MR) is 135 cm³/mol. The molecule has 1 saturated carbocycles. The van der Waals surface area contributed by atoms with E-state index in [0.717, 1.165) is 30.4 Å². The van der Waals surface area contributed by atoms with Crippen LogP contribution in [-0.2, 0) is 11.2 Å². The van der Waals surface area contributed by atoms with E-state index in [0.29, 0.717) is 11.6 Å². The lowest BCUT2D eigenvalue weighted by molar-refractivity contribution is -0.384. The van der Waals surface area contributed by atoms with Crippen molar-refractivity contribution in [2.24, 2.45) is 0 Å². The molecular formula is C25H21Cl2N3O4S. The molecule has 2 aliphatic rings. The van der Waals surface area contributed by atoms with Gasteiger partial charge in [-0.25, -0.2) is 0 Å². The van der Waals surface area contributed by atoms with E-state index in [1.165, 1.54) is 28.0 Å². The topological polar surface area (TPSA) is 83.8 Å². The van der Waals surface area contributed by atoms with E-state index in [9.17, 15) is 19.7 Å². The maximum absolute atomic E-state index is 13.7. The normalized spacial score (nSPS) is 17.1. The van der Waals surface area contributed by atoms with Gasteiger partial charge in [0.1, 0.15) is 11.6 Å². The van der Waals surface area contributed by atoms with Crippen molar-refractivity contribution in [2.75, 3.05) is 13.1 Å². The van der Waals surface area contributed by atoms with Crippen molar-refractivity contribution < 1.29 is 14.5 Å². The number of rotatable bonds is 6. The van der Waals surface area contributed by atoms with E-state index < -0.39 is 10.8 Å². The van der Waals surface area contributed by atoms with Gasteiger partial charge in [0.25, 0.3) is 11.6 Å². The standard InChI is InChI=1S/C25H21Cl2N3O4S/c26-17-4-1-15(2-5-17)24-19-10-12-35-22(19)9-11-28(24)23(31)14-29(18-6-7-18)25(32)16-3-8-20(27)21(13-16)30(33)34/h1-5,8,10,12-13,18,24H,6-7,9,11,14H2. The van der Waals surface area contributed by atoms with Crippen LogP contribution < -0.4 is 0 Å². The van der Waals surface area contributed by atoms with Crippen LogP contribution in [-0.4, -0.2) is 45.7 Å². The van der Waals surface area contributed by atoms with Gasteiger partial charge < -0.3 is 9.80 Å². The Bertz CT molecular complexity index is 1310. The largest absolute Gasteiger partial charge is 0.330 e. The molecule has 3 aromatic rings. The van der Waals surface area contributed by atoms with Crippen LogP contribution in [0.3, 0.4) is 0 Å². The van der Waals surface area contributed by atoms with E-state index in [4.69, 9.17) is 23.2 Å². The Labute approximate surface area is 216 Å². The van der Waals surface area contributed by atoms with Crippen molar-refractivity contribution in [1.82, 2.24) is 9.80 Å². The second-order valence-corrected chi connectivity index (χ2v) is 10.5. The Morgan fingerprint density at radius 1 is 1.11 bits per heavy atom. The van der Waals surface area contributed by atoms with Gasteiger partial charge in [0, 0.05) is 34.1 Å². The van der Waals surface area contributed by atoms with Crippen LogP contribution in [0.2, 0.25) is 10.0 Å². The lowest BCUT2D eigenvalue weighted by Crippen LogP contribution is -2.47. The summed E-state index contributed by atoms with van der Waals surface area (Å²) in [5.41, 5.74) is 1.87. The molecule has 0 saturated heterocycles. The Kier molecular flexibility index (Phi) is 6.53. The van der Waals surface area contributed by atoms with Gasteiger partial charge in [-0.05, 0) is 66.1 Å². The lowest BCUT2D eigenvalue weighted by Gasteiger charge is -2.37. The number of amides is 2. The van der Waals surface area contributed by atoms with E-state index in [1.54, 1.807) is 11.3 Å². The van der Waals surface area contributed by atoms with E-state index >= 15 is 0 Å². The summed E-state index contributed by atoms with van der Waals surface area (Å²) >= 11 is 13.7. The molecule has 0 N–H and O–H groups in total. The number of benzene rings is 2. The minimum Gasteiger partial charge on any atom is -0.330 e. The summed E-state index contributed by atoms with van der Waals surface area (Å²) in [6.07, 6.45) is 2.34. The molecule has 5 rings (SSSR count). The molecule has 0 spiro atoms. The second-order valence-electron chi connectivity index (χ2n) is 8.68. The third-order valence-corrected chi connectivity index (χ3v) is 7.98. The summed E-state index contributed by atoms with van der Waals surface area (Å²) in [6.45, 7) is 0.447. The number of carbonyl (C=O) groups excluding carboxylic acids is 2. The molecule has 7 nitrogen and oxygen atoms in total. The number of nitrogens with zero attached hydrogens (tertiary/aromatic N) is 3. The van der Waals surface area contributed by atoms with Gasteiger partial charge >= 0.3 is 0 Å². The molecule has 35 heavy (non-hydrogen) atoms. The first-order chi connectivity index (χ1) is 16.8. The number of nitro groups is 1. The van der Waals surface area contributed by atoms with E-state index in [1.807, 2.05) is 34.5 Å². The fourth-order valence-electron chi connectivity index (χ4n) is 4.53. The Morgan fingerprint density at radius 2 is 1.86 bits per heavy atom. The van der Waals surface area contributed by atoms with Gasteiger partial charge in [-0.1, -0.05) is 35.3 Å². The predicted octanol–water partition coefficient (Wildman–Crippen LogP) is 5.74. The highest BCUT2D eigenvalue weighted by Gasteiger charge is 2.38. The lowest BCUT2D eigenvalue weighted by atomic mass is 9.93. The summed E-state index contributed by atoms with van der Waals surface area (Å²) in [4.78, 5) is 42.3. The summed E-state index contributed by atoms with van der Waals surface area (Å²) in [5.74, 6) is -0.567. The number of hydrogen-bond donors (Lipinski definition) is 0. The van der Waals surface area contributed by atoms with Crippen LogP contribution in [0, 0.1) is 10.1 Å².